The predicted molar refractivity (Wildman–Crippen MR) is 81.8 cm³/mol. The number of nitriles is 1. The number of H-pyrrole nitrogens is 2. The van der Waals surface area contributed by atoms with Gasteiger partial charge in [-0.05, 0) is 31.5 Å². The third-order valence-corrected chi connectivity index (χ3v) is 3.59. The molecule has 23 heavy (non-hydrogen) atoms. The standard InChI is InChI=1S/C16H17N3O4/c1-3-23-16(22)12(8-17)14(10-4-6-11(20)7-5-10)13-9(2)18-19-15(13)21/h4-7,12,14,20H,3H2,1-2H3,(H2,18,19,21)/t12-,14-/m0/s1. The van der Waals surface area contributed by atoms with E-state index in [0.717, 1.165) is 0 Å². The topological polar surface area (TPSA) is 119 Å². The quantitative estimate of drug-likeness (QED) is 0.723. The van der Waals surface area contributed by atoms with E-state index in [1.54, 1.807) is 26.0 Å². The summed E-state index contributed by atoms with van der Waals surface area (Å²) in [6.07, 6.45) is 0. The molecule has 0 saturated heterocycles. The molecule has 2 rings (SSSR count). The van der Waals surface area contributed by atoms with Gasteiger partial charge in [-0.1, -0.05) is 12.1 Å². The number of rotatable bonds is 5. The highest BCUT2D eigenvalue weighted by molar-refractivity contribution is 5.77. The van der Waals surface area contributed by atoms with Crippen molar-refractivity contribution >= 4 is 5.97 Å². The number of hydrogen-bond acceptors (Lipinski definition) is 5. The van der Waals surface area contributed by atoms with Crippen molar-refractivity contribution in [3.05, 3.63) is 51.4 Å². The normalized spacial score (nSPS) is 13.1. The van der Waals surface area contributed by atoms with Crippen LogP contribution in [0.1, 0.15) is 29.7 Å². The lowest BCUT2D eigenvalue weighted by molar-refractivity contribution is -0.146. The summed E-state index contributed by atoms with van der Waals surface area (Å²) >= 11 is 0. The van der Waals surface area contributed by atoms with E-state index < -0.39 is 23.4 Å². The van der Waals surface area contributed by atoms with Gasteiger partial charge in [0.1, 0.15) is 5.75 Å². The number of carbonyl (C=O) groups excluding carboxylic acids is 1. The molecule has 7 nitrogen and oxygen atoms in total. The number of carbonyl (C=O) groups is 1. The Morgan fingerprint density at radius 1 is 1.35 bits per heavy atom. The van der Waals surface area contributed by atoms with Crippen LogP contribution in [-0.2, 0) is 9.53 Å². The second kappa shape index (κ2) is 6.83. The fraction of sp³-hybridized carbons (Fsp3) is 0.312. The first kappa shape index (κ1) is 16.4. The molecule has 1 heterocycles. The highest BCUT2D eigenvalue weighted by atomic mass is 16.5. The number of nitrogens with zero attached hydrogens (tertiary/aromatic N) is 1. The van der Waals surface area contributed by atoms with E-state index in [1.807, 2.05) is 6.07 Å². The number of nitrogens with one attached hydrogen (secondary N) is 2. The molecule has 1 aromatic heterocycles. The molecule has 7 heteroatoms. The average molecular weight is 315 g/mol. The van der Waals surface area contributed by atoms with Crippen molar-refractivity contribution in [2.75, 3.05) is 6.61 Å². The van der Waals surface area contributed by atoms with Crippen molar-refractivity contribution in [3.63, 3.8) is 0 Å². The van der Waals surface area contributed by atoms with Gasteiger partial charge in [0.2, 0.25) is 0 Å². The summed E-state index contributed by atoms with van der Waals surface area (Å²) in [5.41, 5.74) is 1.01. The predicted octanol–water partition coefficient (Wildman–Crippen LogP) is 1.55. The van der Waals surface area contributed by atoms with Crippen molar-refractivity contribution in [3.8, 4) is 11.8 Å². The zero-order valence-electron chi connectivity index (χ0n) is 12.8. The largest absolute Gasteiger partial charge is 0.508 e. The van der Waals surface area contributed by atoms with Crippen molar-refractivity contribution in [1.82, 2.24) is 10.2 Å². The van der Waals surface area contributed by atoms with E-state index in [2.05, 4.69) is 10.2 Å². The number of hydrogen-bond donors (Lipinski definition) is 3. The molecule has 120 valence electrons. The second-order valence-corrected chi connectivity index (χ2v) is 5.05. The van der Waals surface area contributed by atoms with Gasteiger partial charge in [-0.2, -0.15) is 5.26 Å². The van der Waals surface area contributed by atoms with E-state index in [1.165, 1.54) is 12.1 Å². The van der Waals surface area contributed by atoms with E-state index in [-0.39, 0.29) is 12.4 Å². The summed E-state index contributed by atoms with van der Waals surface area (Å²) in [4.78, 5) is 24.3. The maximum absolute atomic E-state index is 12.2. The molecule has 2 aromatic rings. The number of phenolic OH excluding ortho intramolecular Hbond substituents is 1. The Balaban J connectivity index is 2.60. The maximum Gasteiger partial charge on any atom is 0.324 e. The minimum Gasteiger partial charge on any atom is -0.508 e. The first-order valence-electron chi connectivity index (χ1n) is 7.11. The Labute approximate surface area is 132 Å². The molecule has 0 bridgehead atoms. The molecule has 3 N–H and O–H groups in total. The highest BCUT2D eigenvalue weighted by Gasteiger charge is 2.35. The van der Waals surface area contributed by atoms with E-state index >= 15 is 0 Å². The zero-order chi connectivity index (χ0) is 17.0. The van der Waals surface area contributed by atoms with Crippen LogP contribution in [0.2, 0.25) is 0 Å². The first-order valence-corrected chi connectivity index (χ1v) is 7.11. The Bertz CT molecular complexity index is 783. The molecule has 0 radical (unpaired) electrons. The number of ether oxygens (including phenoxy) is 1. The maximum atomic E-state index is 12.2. The first-order chi connectivity index (χ1) is 11.0. The lowest BCUT2D eigenvalue weighted by atomic mass is 9.81. The minimum absolute atomic E-state index is 0.0526. The van der Waals surface area contributed by atoms with Crippen LogP contribution in [0.4, 0.5) is 0 Å². The van der Waals surface area contributed by atoms with Gasteiger partial charge in [0.15, 0.2) is 5.92 Å². The number of benzene rings is 1. The lowest BCUT2D eigenvalue weighted by Crippen LogP contribution is -2.27. The van der Waals surface area contributed by atoms with Crippen molar-refractivity contribution in [2.45, 2.75) is 19.8 Å². The summed E-state index contributed by atoms with van der Waals surface area (Å²) in [7, 11) is 0. The van der Waals surface area contributed by atoms with E-state index in [9.17, 15) is 20.0 Å². The fourth-order valence-electron chi connectivity index (χ4n) is 2.53. The molecule has 0 amide bonds. The minimum atomic E-state index is -1.17. The molecular weight excluding hydrogens is 298 g/mol. The van der Waals surface area contributed by atoms with Crippen LogP contribution in [0.3, 0.4) is 0 Å². The van der Waals surface area contributed by atoms with Crippen molar-refractivity contribution < 1.29 is 14.6 Å². The summed E-state index contributed by atoms with van der Waals surface area (Å²) in [5.74, 6) is -2.60. The second-order valence-electron chi connectivity index (χ2n) is 5.05. The van der Waals surface area contributed by atoms with Crippen LogP contribution in [0.5, 0.6) is 5.75 Å². The molecule has 1 aromatic carbocycles. The molecule has 0 fully saturated rings. The molecule has 0 aliphatic rings. The molecule has 2 atom stereocenters. The number of phenols is 1. The molecule has 0 saturated carbocycles. The summed E-state index contributed by atoms with van der Waals surface area (Å²) in [6, 6.07) is 7.98. The number of esters is 1. The van der Waals surface area contributed by atoms with Gasteiger partial charge in [-0.25, -0.2) is 0 Å². The molecule has 0 aliphatic carbocycles. The number of aromatic hydroxyl groups is 1. The highest BCUT2D eigenvalue weighted by Crippen LogP contribution is 2.33. The van der Waals surface area contributed by atoms with Crippen LogP contribution in [0.25, 0.3) is 0 Å². The van der Waals surface area contributed by atoms with Crippen LogP contribution in [0, 0.1) is 24.2 Å². The Morgan fingerprint density at radius 3 is 2.48 bits per heavy atom. The summed E-state index contributed by atoms with van der Waals surface area (Å²) in [6.45, 7) is 3.47. The monoisotopic (exact) mass is 315 g/mol. The average Bonchev–Trinajstić information content (AvgIpc) is 2.85. The van der Waals surface area contributed by atoms with E-state index in [4.69, 9.17) is 4.74 Å². The van der Waals surface area contributed by atoms with Gasteiger partial charge in [-0.15, -0.1) is 0 Å². The van der Waals surface area contributed by atoms with E-state index in [0.29, 0.717) is 16.8 Å². The van der Waals surface area contributed by atoms with Gasteiger partial charge in [0, 0.05) is 17.2 Å². The van der Waals surface area contributed by atoms with Crippen LogP contribution in [-0.4, -0.2) is 27.9 Å². The Hall–Kier alpha value is -3.01. The van der Waals surface area contributed by atoms with Crippen LogP contribution < -0.4 is 5.56 Å². The molecular formula is C16H17N3O4. The van der Waals surface area contributed by atoms with Gasteiger partial charge >= 0.3 is 5.97 Å². The SMILES string of the molecule is CCOC(=O)[C@@H](C#N)[C@H](c1ccc(O)cc1)c1c(C)[nH][nH]c1=O. The number of aryl methyl sites for hydroxylation is 1. The van der Waals surface area contributed by atoms with Crippen molar-refractivity contribution in [1.29, 1.82) is 5.26 Å². The smallest absolute Gasteiger partial charge is 0.324 e. The van der Waals surface area contributed by atoms with Crippen molar-refractivity contribution in [2.24, 2.45) is 5.92 Å². The van der Waals surface area contributed by atoms with Gasteiger partial charge < -0.3 is 14.9 Å². The van der Waals surface area contributed by atoms with Crippen LogP contribution >= 0.6 is 0 Å². The third kappa shape index (κ3) is 3.26. The van der Waals surface area contributed by atoms with Gasteiger partial charge in [-0.3, -0.25) is 14.7 Å². The molecule has 0 spiro atoms. The summed E-state index contributed by atoms with van der Waals surface area (Å²) in [5, 5.41) is 24.1. The zero-order valence-corrected chi connectivity index (χ0v) is 12.8. The lowest BCUT2D eigenvalue weighted by Gasteiger charge is -2.20. The Morgan fingerprint density at radius 2 is 2.00 bits per heavy atom. The molecule has 0 aliphatic heterocycles. The van der Waals surface area contributed by atoms with Gasteiger partial charge in [0.05, 0.1) is 12.7 Å². The summed E-state index contributed by atoms with van der Waals surface area (Å²) < 4.78 is 4.97. The fourth-order valence-corrected chi connectivity index (χ4v) is 2.53. The van der Waals surface area contributed by atoms with Crippen LogP contribution in [0.15, 0.2) is 29.1 Å². The Kier molecular flexibility index (Phi) is 4.86. The number of aromatic amines is 2. The third-order valence-electron chi connectivity index (χ3n) is 3.59. The number of aromatic nitrogens is 2. The van der Waals surface area contributed by atoms with Gasteiger partial charge in [0.25, 0.3) is 5.56 Å². The molecule has 0 unspecified atom stereocenters.